The number of carbonyl (C=O) groups is 2. The molecular formula is C23H28FN3O2. The number of nitrogens with one attached hydrogen (secondary N) is 1. The lowest BCUT2D eigenvalue weighted by atomic mass is 10.1. The van der Waals surface area contributed by atoms with Crippen molar-refractivity contribution >= 4 is 17.5 Å². The predicted octanol–water partition coefficient (Wildman–Crippen LogP) is 3.48. The second-order valence-electron chi connectivity index (χ2n) is 7.50. The van der Waals surface area contributed by atoms with E-state index in [-0.39, 0.29) is 23.7 Å². The van der Waals surface area contributed by atoms with Crippen molar-refractivity contribution in [3.8, 4) is 0 Å². The zero-order chi connectivity index (χ0) is 21.0. The maximum absolute atomic E-state index is 13.5. The summed E-state index contributed by atoms with van der Waals surface area (Å²) < 4.78 is 13.5. The van der Waals surface area contributed by atoms with Crippen LogP contribution in [0.3, 0.4) is 0 Å². The summed E-state index contributed by atoms with van der Waals surface area (Å²) in [6, 6.07) is 11.7. The highest BCUT2D eigenvalue weighted by Gasteiger charge is 2.28. The van der Waals surface area contributed by atoms with E-state index in [1.54, 1.807) is 6.07 Å². The maximum Gasteiger partial charge on any atom is 0.253 e. The van der Waals surface area contributed by atoms with Crippen molar-refractivity contribution < 1.29 is 14.0 Å². The number of aryl methyl sites for hydroxylation is 2. The minimum atomic E-state index is -0.377. The van der Waals surface area contributed by atoms with Crippen molar-refractivity contribution in [1.29, 1.82) is 0 Å². The molecule has 1 saturated heterocycles. The summed E-state index contributed by atoms with van der Waals surface area (Å²) in [5, 5.41) is 2.82. The van der Waals surface area contributed by atoms with E-state index in [0.717, 1.165) is 12.0 Å². The number of hydrogen-bond donors (Lipinski definition) is 1. The molecule has 6 heteroatoms. The van der Waals surface area contributed by atoms with Crippen LogP contribution in [0.15, 0.2) is 42.5 Å². The number of halogens is 1. The van der Waals surface area contributed by atoms with Gasteiger partial charge >= 0.3 is 0 Å². The number of hydrogen-bond acceptors (Lipinski definition) is 3. The quantitative estimate of drug-likeness (QED) is 0.840. The Morgan fingerprint density at radius 1 is 1.07 bits per heavy atom. The number of amides is 2. The van der Waals surface area contributed by atoms with E-state index in [2.05, 4.69) is 12.2 Å². The minimum Gasteiger partial charge on any atom is -0.336 e. The van der Waals surface area contributed by atoms with E-state index in [1.807, 2.05) is 47.9 Å². The summed E-state index contributed by atoms with van der Waals surface area (Å²) in [5.41, 5.74) is 3.21. The first kappa shape index (κ1) is 21.0. The molecule has 2 amide bonds. The van der Waals surface area contributed by atoms with E-state index < -0.39 is 0 Å². The summed E-state index contributed by atoms with van der Waals surface area (Å²) >= 11 is 0. The smallest absolute Gasteiger partial charge is 0.253 e. The number of anilines is 1. The average molecular weight is 397 g/mol. The Balaban J connectivity index is 1.55. The molecule has 0 radical (unpaired) electrons. The van der Waals surface area contributed by atoms with Crippen molar-refractivity contribution in [3.05, 3.63) is 65.0 Å². The number of rotatable bonds is 5. The van der Waals surface area contributed by atoms with Crippen LogP contribution in [0.25, 0.3) is 0 Å². The molecule has 1 aliphatic heterocycles. The molecule has 0 spiro atoms. The van der Waals surface area contributed by atoms with Crippen LogP contribution in [0.2, 0.25) is 0 Å². The minimum absolute atomic E-state index is 0.0276. The van der Waals surface area contributed by atoms with Crippen LogP contribution in [-0.2, 0) is 11.2 Å². The zero-order valence-corrected chi connectivity index (χ0v) is 17.2. The van der Waals surface area contributed by atoms with Gasteiger partial charge in [-0.2, -0.15) is 0 Å². The van der Waals surface area contributed by atoms with E-state index in [4.69, 9.17) is 0 Å². The van der Waals surface area contributed by atoms with Crippen LogP contribution >= 0.6 is 0 Å². The molecule has 0 aliphatic carbocycles. The maximum atomic E-state index is 13.5. The lowest BCUT2D eigenvalue weighted by Crippen LogP contribution is -2.54. The summed E-state index contributed by atoms with van der Waals surface area (Å²) in [6.45, 7) is 8.14. The van der Waals surface area contributed by atoms with Crippen molar-refractivity contribution in [3.63, 3.8) is 0 Å². The molecule has 2 aromatic rings. The first-order valence-electron chi connectivity index (χ1n) is 10.1. The zero-order valence-electron chi connectivity index (χ0n) is 17.2. The molecule has 29 heavy (non-hydrogen) atoms. The van der Waals surface area contributed by atoms with Gasteiger partial charge in [0, 0.05) is 37.4 Å². The Bertz CT molecular complexity index is 874. The molecule has 2 aromatic carbocycles. The van der Waals surface area contributed by atoms with Gasteiger partial charge in [0.05, 0.1) is 6.04 Å². The summed E-state index contributed by atoms with van der Waals surface area (Å²) in [4.78, 5) is 29.2. The molecule has 1 atom stereocenters. The number of piperazine rings is 1. The van der Waals surface area contributed by atoms with Gasteiger partial charge in [-0.3, -0.25) is 14.5 Å². The van der Waals surface area contributed by atoms with Crippen molar-refractivity contribution in [1.82, 2.24) is 9.80 Å². The Labute approximate surface area is 171 Å². The molecule has 0 bridgehead atoms. The third-order valence-corrected chi connectivity index (χ3v) is 5.60. The number of carbonyl (C=O) groups excluding carboxylic acids is 2. The van der Waals surface area contributed by atoms with Crippen LogP contribution in [-0.4, -0.2) is 53.8 Å². The van der Waals surface area contributed by atoms with Crippen LogP contribution in [0.4, 0.5) is 10.1 Å². The third kappa shape index (κ3) is 5.01. The molecular weight excluding hydrogens is 369 g/mol. The molecule has 154 valence electrons. The molecule has 3 rings (SSSR count). The molecule has 1 heterocycles. The first-order valence-corrected chi connectivity index (χ1v) is 10.1. The van der Waals surface area contributed by atoms with E-state index in [9.17, 15) is 14.0 Å². The Morgan fingerprint density at radius 3 is 2.34 bits per heavy atom. The van der Waals surface area contributed by atoms with Crippen LogP contribution in [0.5, 0.6) is 0 Å². The lowest BCUT2D eigenvalue weighted by Gasteiger charge is -2.37. The van der Waals surface area contributed by atoms with Gasteiger partial charge in [0.1, 0.15) is 5.82 Å². The normalized spacial score (nSPS) is 15.8. The van der Waals surface area contributed by atoms with Crippen LogP contribution in [0, 0.1) is 12.7 Å². The molecule has 5 nitrogen and oxygen atoms in total. The van der Waals surface area contributed by atoms with Gasteiger partial charge in [0.2, 0.25) is 5.91 Å². The second kappa shape index (κ2) is 9.18. The van der Waals surface area contributed by atoms with E-state index >= 15 is 0 Å². The predicted molar refractivity (Wildman–Crippen MR) is 113 cm³/mol. The van der Waals surface area contributed by atoms with Crippen LogP contribution < -0.4 is 5.32 Å². The highest BCUT2D eigenvalue weighted by atomic mass is 19.1. The molecule has 0 saturated carbocycles. The van der Waals surface area contributed by atoms with Gasteiger partial charge in [0.15, 0.2) is 0 Å². The van der Waals surface area contributed by atoms with Gasteiger partial charge in [-0.15, -0.1) is 0 Å². The highest BCUT2D eigenvalue weighted by molar-refractivity contribution is 5.95. The Morgan fingerprint density at radius 2 is 1.72 bits per heavy atom. The summed E-state index contributed by atoms with van der Waals surface area (Å²) in [5.74, 6) is -0.522. The van der Waals surface area contributed by atoms with Gasteiger partial charge in [-0.1, -0.05) is 25.1 Å². The number of benzene rings is 2. The van der Waals surface area contributed by atoms with Crippen molar-refractivity contribution in [2.24, 2.45) is 0 Å². The van der Waals surface area contributed by atoms with E-state index in [0.29, 0.717) is 37.4 Å². The van der Waals surface area contributed by atoms with Crippen molar-refractivity contribution in [2.75, 3.05) is 31.5 Å². The second-order valence-corrected chi connectivity index (χ2v) is 7.50. The molecule has 0 aromatic heterocycles. The molecule has 1 unspecified atom stereocenters. The standard InChI is InChI=1S/C23H28FN3O2/c1-4-18-6-8-19(9-7-18)23(29)27-13-11-26(12-14-27)17(3)22(28)25-21-15-20(24)10-5-16(21)2/h5-10,15,17H,4,11-14H2,1-3H3,(H,25,28). The lowest BCUT2D eigenvalue weighted by molar-refractivity contribution is -0.121. The van der Waals surface area contributed by atoms with Crippen LogP contribution in [0.1, 0.15) is 35.3 Å². The molecule has 1 N–H and O–H groups in total. The van der Waals surface area contributed by atoms with Gasteiger partial charge in [-0.25, -0.2) is 4.39 Å². The molecule has 1 aliphatic rings. The topological polar surface area (TPSA) is 52.7 Å². The average Bonchev–Trinajstić information content (AvgIpc) is 2.75. The monoisotopic (exact) mass is 397 g/mol. The summed E-state index contributed by atoms with van der Waals surface area (Å²) in [6.07, 6.45) is 0.947. The fraction of sp³-hybridized carbons (Fsp3) is 0.391. The first-order chi connectivity index (χ1) is 13.9. The highest BCUT2D eigenvalue weighted by Crippen LogP contribution is 2.18. The fourth-order valence-electron chi connectivity index (χ4n) is 3.51. The summed E-state index contributed by atoms with van der Waals surface area (Å²) in [7, 11) is 0. The SMILES string of the molecule is CCc1ccc(C(=O)N2CCN(C(C)C(=O)Nc3cc(F)ccc3C)CC2)cc1. The number of nitrogens with zero attached hydrogens (tertiary/aromatic N) is 2. The third-order valence-electron chi connectivity index (χ3n) is 5.60. The van der Waals surface area contributed by atoms with Gasteiger partial charge in [0.25, 0.3) is 5.91 Å². The Kier molecular flexibility index (Phi) is 6.64. The molecule has 1 fully saturated rings. The van der Waals surface area contributed by atoms with E-state index in [1.165, 1.54) is 17.7 Å². The Hall–Kier alpha value is -2.73. The largest absolute Gasteiger partial charge is 0.336 e. The fourth-order valence-corrected chi connectivity index (χ4v) is 3.51. The van der Waals surface area contributed by atoms with Gasteiger partial charge in [-0.05, 0) is 55.7 Å². The van der Waals surface area contributed by atoms with Crippen molar-refractivity contribution in [2.45, 2.75) is 33.2 Å². The van der Waals surface area contributed by atoms with Gasteiger partial charge < -0.3 is 10.2 Å².